The van der Waals surface area contributed by atoms with Gasteiger partial charge in [-0.05, 0) is 83.1 Å². The summed E-state index contributed by atoms with van der Waals surface area (Å²) in [5.41, 5.74) is 11.4. The predicted octanol–water partition coefficient (Wildman–Crippen LogP) is 9.73. The smallest absolute Gasteiger partial charge is 0.127 e. The van der Waals surface area contributed by atoms with Crippen molar-refractivity contribution < 1.29 is 0 Å². The summed E-state index contributed by atoms with van der Waals surface area (Å²) in [5, 5.41) is 0. The lowest BCUT2D eigenvalue weighted by Gasteiger charge is -2.16. The molecule has 0 aliphatic heterocycles. The highest BCUT2D eigenvalue weighted by molar-refractivity contribution is 6.84. The molecule has 0 saturated carbocycles. The average molecular weight is 591 g/mol. The van der Waals surface area contributed by atoms with Gasteiger partial charge in [-0.25, -0.2) is 0 Å². The summed E-state index contributed by atoms with van der Waals surface area (Å²) in [6.07, 6.45) is 0. The molecule has 0 unspecified atom stereocenters. The summed E-state index contributed by atoms with van der Waals surface area (Å²) >= 11 is 0. The molecule has 0 N–H and O–H groups in total. The Morgan fingerprint density at radius 3 is 0.619 bits per heavy atom. The molecule has 1 rings (SSSR count). The van der Waals surface area contributed by atoms with Crippen molar-refractivity contribution in [3.63, 3.8) is 0 Å². The largest absolute Gasteiger partial charge is 0.129 e. The zero-order valence-corrected chi connectivity index (χ0v) is 32.0. The fraction of sp³-hybridized carbons (Fsp3) is 0.550. The van der Waals surface area contributed by atoms with Gasteiger partial charge in [0.05, 0.1) is 33.4 Å². The first-order valence-electron chi connectivity index (χ1n) is 15.0. The number of benzene rings is 1. The van der Waals surface area contributed by atoms with Gasteiger partial charge in [-0.3, -0.25) is 0 Å². The van der Waals surface area contributed by atoms with Gasteiger partial charge in [0.25, 0.3) is 0 Å². The van der Waals surface area contributed by atoms with E-state index in [0.717, 1.165) is 33.4 Å². The highest BCUT2D eigenvalue weighted by Crippen LogP contribution is 2.29. The van der Waals surface area contributed by atoms with Gasteiger partial charge in [0, 0.05) is 21.7 Å². The van der Waals surface area contributed by atoms with Crippen LogP contribution in [0.1, 0.15) is 116 Å². The molecule has 0 aliphatic carbocycles. The van der Waals surface area contributed by atoms with Crippen LogP contribution in [0, 0.1) is 92.0 Å². The maximum Gasteiger partial charge on any atom is 0.129 e. The van der Waals surface area contributed by atoms with E-state index in [-0.39, 0.29) is 21.7 Å². The Bertz CT molecular complexity index is 1230. The predicted molar refractivity (Wildman–Crippen MR) is 192 cm³/mol. The normalized spacial score (nSPS) is 11.9. The van der Waals surface area contributed by atoms with Crippen molar-refractivity contribution in [2.75, 3.05) is 0 Å². The number of hydrogen-bond acceptors (Lipinski definition) is 0. The maximum atomic E-state index is 3.62. The minimum Gasteiger partial charge on any atom is -0.127 e. The molecule has 0 aliphatic rings. The molecule has 2 heteroatoms. The van der Waals surface area contributed by atoms with E-state index in [4.69, 9.17) is 0 Å². The third kappa shape index (κ3) is 14.8. The van der Waals surface area contributed by atoms with Crippen LogP contribution in [0.25, 0.3) is 0 Å². The topological polar surface area (TPSA) is 0 Å². The van der Waals surface area contributed by atoms with Crippen LogP contribution in [0.3, 0.4) is 0 Å². The maximum absolute atomic E-state index is 3.62. The van der Waals surface area contributed by atoms with E-state index < -0.39 is 16.1 Å². The molecule has 0 heterocycles. The van der Waals surface area contributed by atoms with E-state index >= 15 is 0 Å². The summed E-state index contributed by atoms with van der Waals surface area (Å²) in [4.78, 5) is 0. The molecular weight excluding hydrogens is 537 g/mol. The van der Waals surface area contributed by atoms with Crippen LogP contribution in [-0.2, 0) is 0 Å². The summed E-state index contributed by atoms with van der Waals surface area (Å²) in [5.74, 6) is 35.4. The number of hydrogen-bond donors (Lipinski definition) is 0. The molecule has 0 atom stereocenters. The van der Waals surface area contributed by atoms with Crippen LogP contribution in [0.2, 0.25) is 39.3 Å². The monoisotopic (exact) mass is 590 g/mol. The standard InChI is InChI=1S/C40H54Si2/c1-37(2,3)25-19-31-32(20-26-38(4,5)6)34(22-28-40(10,11)12)36(24-30-42(16,17)18)35(23-29-41(13,14)15)33(31)21-27-39(7,8)9/h1-18H3. The van der Waals surface area contributed by atoms with E-state index in [1.54, 1.807) is 0 Å². The van der Waals surface area contributed by atoms with E-state index in [1.807, 2.05) is 0 Å². The Hall–Kier alpha value is -2.99. The Kier molecular flexibility index (Phi) is 11.6. The third-order valence-corrected chi connectivity index (χ3v) is 6.62. The van der Waals surface area contributed by atoms with Crippen LogP contribution in [-0.4, -0.2) is 16.1 Å². The second-order valence-electron chi connectivity index (χ2n) is 17.2. The van der Waals surface area contributed by atoms with Crippen molar-refractivity contribution in [2.24, 2.45) is 21.7 Å². The average Bonchev–Trinajstić information content (AvgIpc) is 2.72. The molecule has 0 spiro atoms. The number of rotatable bonds is 0. The lowest BCUT2D eigenvalue weighted by atomic mass is 9.84. The minimum absolute atomic E-state index is 0.204. The van der Waals surface area contributed by atoms with Gasteiger partial charge >= 0.3 is 0 Å². The van der Waals surface area contributed by atoms with Crippen molar-refractivity contribution in [3.05, 3.63) is 33.4 Å². The summed E-state index contributed by atoms with van der Waals surface area (Å²) in [6, 6.07) is 0. The molecular formula is C40H54Si2. The van der Waals surface area contributed by atoms with Gasteiger partial charge in [0.1, 0.15) is 16.1 Å². The molecule has 0 bridgehead atoms. The van der Waals surface area contributed by atoms with E-state index in [0.29, 0.717) is 0 Å². The first-order chi connectivity index (χ1) is 18.6. The fourth-order valence-electron chi connectivity index (χ4n) is 3.00. The van der Waals surface area contributed by atoms with Crippen molar-refractivity contribution in [2.45, 2.75) is 122 Å². The zero-order valence-electron chi connectivity index (χ0n) is 30.0. The molecule has 42 heavy (non-hydrogen) atoms. The van der Waals surface area contributed by atoms with Gasteiger partial charge in [0.2, 0.25) is 0 Å². The summed E-state index contributed by atoms with van der Waals surface area (Å²) in [7, 11) is -3.48. The van der Waals surface area contributed by atoms with Crippen LogP contribution in [0.15, 0.2) is 0 Å². The van der Waals surface area contributed by atoms with Crippen LogP contribution in [0.5, 0.6) is 0 Å². The van der Waals surface area contributed by atoms with Gasteiger partial charge in [-0.1, -0.05) is 98.5 Å². The highest BCUT2D eigenvalue weighted by Gasteiger charge is 2.23. The molecule has 1 aromatic rings. The molecule has 1 aromatic carbocycles. The van der Waals surface area contributed by atoms with Crippen LogP contribution in [0.4, 0.5) is 0 Å². The third-order valence-electron chi connectivity index (χ3n) is 4.88. The molecule has 0 amide bonds. The Morgan fingerprint density at radius 2 is 0.476 bits per heavy atom. The molecule has 0 fully saturated rings. The van der Waals surface area contributed by atoms with E-state index in [1.165, 1.54) is 0 Å². The van der Waals surface area contributed by atoms with E-state index in [2.05, 4.69) is 193 Å². The lowest BCUT2D eigenvalue weighted by Crippen LogP contribution is -2.17. The summed E-state index contributed by atoms with van der Waals surface area (Å²) in [6.45, 7) is 39.1. The Morgan fingerprint density at radius 1 is 0.310 bits per heavy atom. The Balaban J connectivity index is 4.97. The first-order valence-corrected chi connectivity index (χ1v) is 22.0. The van der Waals surface area contributed by atoms with Crippen LogP contribution >= 0.6 is 0 Å². The van der Waals surface area contributed by atoms with Crippen molar-refractivity contribution >= 4 is 16.1 Å². The quantitative estimate of drug-likeness (QED) is 0.208. The van der Waals surface area contributed by atoms with E-state index in [9.17, 15) is 0 Å². The highest BCUT2D eigenvalue weighted by atomic mass is 28.3. The van der Waals surface area contributed by atoms with Gasteiger partial charge in [-0.2, -0.15) is 0 Å². The zero-order chi connectivity index (χ0) is 32.9. The SMILES string of the molecule is CC(C)(C)C#Cc1c(C#CC(C)(C)C)c(C#CC(C)(C)C)c(C#C[Si](C)(C)C)c(C#C[Si](C)(C)C)c1C#CC(C)(C)C. The minimum atomic E-state index is -1.74. The first kappa shape index (κ1) is 37.0. The second-order valence-corrected chi connectivity index (χ2v) is 26.8. The molecule has 0 aromatic heterocycles. The van der Waals surface area contributed by atoms with Crippen LogP contribution < -0.4 is 0 Å². The Labute approximate surface area is 263 Å². The van der Waals surface area contributed by atoms with Crippen molar-refractivity contribution in [1.82, 2.24) is 0 Å². The summed E-state index contributed by atoms with van der Waals surface area (Å²) < 4.78 is 0. The van der Waals surface area contributed by atoms with Gasteiger partial charge in [0.15, 0.2) is 0 Å². The lowest BCUT2D eigenvalue weighted by molar-refractivity contribution is 0.570. The second kappa shape index (κ2) is 13.1. The van der Waals surface area contributed by atoms with Gasteiger partial charge < -0.3 is 0 Å². The van der Waals surface area contributed by atoms with Crippen molar-refractivity contribution in [1.29, 1.82) is 0 Å². The molecule has 0 nitrogen and oxygen atoms in total. The van der Waals surface area contributed by atoms with Crippen molar-refractivity contribution in [3.8, 4) is 70.3 Å². The molecule has 0 radical (unpaired) electrons. The molecule has 0 saturated heterocycles. The fourth-order valence-corrected chi connectivity index (χ4v) is 4.00. The van der Waals surface area contributed by atoms with Gasteiger partial charge in [-0.15, -0.1) is 11.1 Å². The molecule has 222 valence electrons.